The summed E-state index contributed by atoms with van der Waals surface area (Å²) in [6.45, 7) is 2.60. The van der Waals surface area contributed by atoms with Gasteiger partial charge in [-0.3, -0.25) is 14.2 Å². The van der Waals surface area contributed by atoms with Crippen LogP contribution in [-0.2, 0) is 11.2 Å². The van der Waals surface area contributed by atoms with Crippen LogP contribution in [0.15, 0.2) is 29.1 Å². The molecule has 2 heterocycles. The van der Waals surface area contributed by atoms with Crippen molar-refractivity contribution < 1.29 is 13.6 Å². The van der Waals surface area contributed by atoms with Crippen molar-refractivity contribution in [3.8, 4) is 0 Å². The number of para-hydroxylation sites is 2. The van der Waals surface area contributed by atoms with Crippen LogP contribution in [0.1, 0.15) is 48.7 Å². The van der Waals surface area contributed by atoms with E-state index in [0.29, 0.717) is 28.1 Å². The van der Waals surface area contributed by atoms with Crippen molar-refractivity contribution in [2.45, 2.75) is 46.1 Å². The fourth-order valence-electron chi connectivity index (χ4n) is 3.35. The van der Waals surface area contributed by atoms with Crippen molar-refractivity contribution in [2.75, 3.05) is 6.54 Å². The van der Waals surface area contributed by atoms with Gasteiger partial charge in [0.1, 0.15) is 11.6 Å². The molecule has 3 aromatic rings. The highest BCUT2D eigenvalue weighted by Gasteiger charge is 2.22. The molecule has 7 nitrogen and oxygen atoms in total. The molecule has 0 fully saturated rings. The van der Waals surface area contributed by atoms with Crippen LogP contribution in [0.4, 0.5) is 8.78 Å². The monoisotopic (exact) mass is 403 g/mol. The number of alkyl halides is 2. The predicted molar refractivity (Wildman–Crippen MR) is 105 cm³/mol. The average Bonchev–Trinajstić information content (AvgIpc) is 3.05. The minimum Gasteiger partial charge on any atom is -0.355 e. The van der Waals surface area contributed by atoms with Crippen molar-refractivity contribution in [1.82, 2.24) is 24.8 Å². The molecule has 0 saturated heterocycles. The fourth-order valence-corrected chi connectivity index (χ4v) is 3.35. The molecule has 2 N–H and O–H groups in total. The number of nitrogens with zero attached hydrogens (tertiary/aromatic N) is 3. The SMILES string of the molecule is Cc1nc(C)c(CCC(=O)NC[C@H](C)c2nc3ccccc3n2C(F)F)c(=O)[nH]1. The van der Waals surface area contributed by atoms with E-state index in [0.717, 1.165) is 4.57 Å². The van der Waals surface area contributed by atoms with E-state index in [-0.39, 0.29) is 36.7 Å². The van der Waals surface area contributed by atoms with E-state index < -0.39 is 12.5 Å². The second-order valence-corrected chi connectivity index (χ2v) is 7.03. The molecule has 29 heavy (non-hydrogen) atoms. The second-order valence-electron chi connectivity index (χ2n) is 7.03. The summed E-state index contributed by atoms with van der Waals surface area (Å²) in [6.07, 6.45) is 0.358. The number of nitrogens with one attached hydrogen (secondary N) is 2. The Morgan fingerprint density at radius 2 is 1.97 bits per heavy atom. The highest BCUT2D eigenvalue weighted by atomic mass is 19.3. The number of halogens is 2. The highest BCUT2D eigenvalue weighted by molar-refractivity contribution is 5.77. The molecule has 0 spiro atoms. The molecule has 1 atom stereocenters. The van der Waals surface area contributed by atoms with Gasteiger partial charge in [0, 0.05) is 30.1 Å². The first kappa shape index (κ1) is 20.6. The zero-order valence-corrected chi connectivity index (χ0v) is 16.5. The van der Waals surface area contributed by atoms with Crippen LogP contribution in [0.2, 0.25) is 0 Å². The maximum absolute atomic E-state index is 13.6. The second kappa shape index (κ2) is 8.50. The smallest absolute Gasteiger partial charge is 0.320 e. The molecule has 0 aliphatic heterocycles. The number of aromatic amines is 1. The molecule has 0 aliphatic carbocycles. The standard InChI is InChI=1S/C20H23F2N5O2/c1-11(18-26-15-6-4-5-7-16(15)27(18)20(21)22)10-23-17(28)9-8-14-12(2)24-13(3)25-19(14)29/h4-7,11,20H,8-10H2,1-3H3,(H,23,28)(H,24,25,29)/t11-/m0/s1. The van der Waals surface area contributed by atoms with Crippen LogP contribution in [0.5, 0.6) is 0 Å². The lowest BCUT2D eigenvalue weighted by atomic mass is 10.1. The van der Waals surface area contributed by atoms with Gasteiger partial charge in [0.25, 0.3) is 5.56 Å². The molecule has 0 unspecified atom stereocenters. The van der Waals surface area contributed by atoms with Gasteiger partial charge >= 0.3 is 6.55 Å². The molecule has 154 valence electrons. The number of carbonyl (C=O) groups is 1. The van der Waals surface area contributed by atoms with Gasteiger partial charge in [-0.1, -0.05) is 19.1 Å². The quantitative estimate of drug-likeness (QED) is 0.634. The molecular weight excluding hydrogens is 380 g/mol. The van der Waals surface area contributed by atoms with E-state index in [1.54, 1.807) is 45.0 Å². The van der Waals surface area contributed by atoms with E-state index in [2.05, 4.69) is 20.3 Å². The number of fused-ring (bicyclic) bond motifs is 1. The highest BCUT2D eigenvalue weighted by Crippen LogP contribution is 2.27. The number of rotatable bonds is 7. The molecule has 0 bridgehead atoms. The van der Waals surface area contributed by atoms with Crippen molar-refractivity contribution in [3.63, 3.8) is 0 Å². The summed E-state index contributed by atoms with van der Waals surface area (Å²) in [7, 11) is 0. The van der Waals surface area contributed by atoms with E-state index in [9.17, 15) is 18.4 Å². The van der Waals surface area contributed by atoms with Crippen LogP contribution in [-0.4, -0.2) is 32.0 Å². The Morgan fingerprint density at radius 3 is 2.66 bits per heavy atom. The van der Waals surface area contributed by atoms with Gasteiger partial charge < -0.3 is 10.3 Å². The summed E-state index contributed by atoms with van der Waals surface area (Å²) in [5.41, 5.74) is 1.66. The first-order valence-corrected chi connectivity index (χ1v) is 9.36. The van der Waals surface area contributed by atoms with E-state index in [1.807, 2.05) is 0 Å². The van der Waals surface area contributed by atoms with Gasteiger partial charge in [-0.2, -0.15) is 8.78 Å². The van der Waals surface area contributed by atoms with Crippen LogP contribution in [0, 0.1) is 13.8 Å². The number of amides is 1. The first-order chi connectivity index (χ1) is 13.8. The van der Waals surface area contributed by atoms with Crippen molar-refractivity contribution in [1.29, 1.82) is 0 Å². The third kappa shape index (κ3) is 4.49. The number of carbonyl (C=O) groups excluding carboxylic acids is 1. The minimum absolute atomic E-state index is 0.104. The van der Waals surface area contributed by atoms with Crippen molar-refractivity contribution >= 4 is 16.9 Å². The molecule has 9 heteroatoms. The van der Waals surface area contributed by atoms with Gasteiger partial charge in [0.2, 0.25) is 5.91 Å². The number of hydrogen-bond acceptors (Lipinski definition) is 4. The number of imidazole rings is 1. The average molecular weight is 403 g/mol. The maximum Gasteiger partial charge on any atom is 0.320 e. The predicted octanol–water partition coefficient (Wildman–Crippen LogP) is 2.98. The Kier molecular flexibility index (Phi) is 6.05. The third-order valence-electron chi connectivity index (χ3n) is 4.81. The Hall–Kier alpha value is -3.10. The Labute approximate surface area is 166 Å². The lowest BCUT2D eigenvalue weighted by Gasteiger charge is -2.15. The van der Waals surface area contributed by atoms with Crippen molar-refractivity contribution in [3.05, 3.63) is 57.5 Å². The molecule has 3 rings (SSSR count). The normalized spacial score (nSPS) is 12.5. The summed E-state index contributed by atoms with van der Waals surface area (Å²) < 4.78 is 28.0. The van der Waals surface area contributed by atoms with E-state index >= 15 is 0 Å². The fraction of sp³-hybridized carbons (Fsp3) is 0.400. The summed E-state index contributed by atoms with van der Waals surface area (Å²) >= 11 is 0. The molecule has 0 aliphatic rings. The summed E-state index contributed by atoms with van der Waals surface area (Å²) in [4.78, 5) is 35.4. The lowest BCUT2D eigenvalue weighted by Crippen LogP contribution is -2.29. The third-order valence-corrected chi connectivity index (χ3v) is 4.81. The van der Waals surface area contributed by atoms with E-state index in [4.69, 9.17) is 0 Å². The number of H-pyrrole nitrogens is 1. The van der Waals surface area contributed by atoms with Crippen LogP contribution in [0.25, 0.3) is 11.0 Å². The van der Waals surface area contributed by atoms with Gasteiger partial charge in [0.15, 0.2) is 0 Å². The lowest BCUT2D eigenvalue weighted by molar-refractivity contribution is -0.121. The molecular formula is C20H23F2N5O2. The molecule has 1 aromatic carbocycles. The number of aromatic nitrogens is 4. The zero-order valence-electron chi connectivity index (χ0n) is 16.5. The van der Waals surface area contributed by atoms with Crippen LogP contribution >= 0.6 is 0 Å². The summed E-state index contributed by atoms with van der Waals surface area (Å²) in [5, 5.41) is 2.74. The topological polar surface area (TPSA) is 92.7 Å². The van der Waals surface area contributed by atoms with Crippen molar-refractivity contribution in [2.24, 2.45) is 0 Å². The number of benzene rings is 1. The van der Waals surface area contributed by atoms with Crippen LogP contribution < -0.4 is 10.9 Å². The summed E-state index contributed by atoms with van der Waals surface area (Å²) in [6, 6.07) is 6.70. The largest absolute Gasteiger partial charge is 0.355 e. The Balaban J connectivity index is 1.65. The molecule has 0 radical (unpaired) electrons. The van der Waals surface area contributed by atoms with E-state index in [1.165, 1.54) is 0 Å². The summed E-state index contributed by atoms with van der Waals surface area (Å²) in [5.74, 6) is 0.0652. The van der Waals surface area contributed by atoms with Gasteiger partial charge in [-0.25, -0.2) is 9.97 Å². The first-order valence-electron chi connectivity index (χ1n) is 9.36. The molecule has 0 saturated carbocycles. The van der Waals surface area contributed by atoms with Gasteiger partial charge in [-0.15, -0.1) is 0 Å². The zero-order chi connectivity index (χ0) is 21.1. The Morgan fingerprint density at radius 1 is 1.24 bits per heavy atom. The van der Waals surface area contributed by atoms with Gasteiger partial charge in [0.05, 0.1) is 11.0 Å². The Bertz CT molecular complexity index is 1090. The number of hydrogen-bond donors (Lipinski definition) is 2. The van der Waals surface area contributed by atoms with Gasteiger partial charge in [-0.05, 0) is 32.4 Å². The van der Waals surface area contributed by atoms with Crippen LogP contribution in [0.3, 0.4) is 0 Å². The number of aryl methyl sites for hydroxylation is 2. The minimum atomic E-state index is -2.72. The maximum atomic E-state index is 13.6. The molecule has 1 amide bonds. The molecule has 2 aromatic heterocycles.